The van der Waals surface area contributed by atoms with Gasteiger partial charge in [-0.25, -0.2) is 9.18 Å². The van der Waals surface area contributed by atoms with Gasteiger partial charge >= 0.3 is 5.97 Å². The minimum Gasteiger partial charge on any atom is -0.467 e. The number of esters is 1. The summed E-state index contributed by atoms with van der Waals surface area (Å²) in [5, 5.41) is 9.93. The van der Waals surface area contributed by atoms with Crippen molar-refractivity contribution in [2.24, 2.45) is 0 Å². The van der Waals surface area contributed by atoms with Crippen LogP contribution in [0.25, 0.3) is 11.1 Å². The lowest BCUT2D eigenvalue weighted by molar-refractivity contribution is -0.150. The van der Waals surface area contributed by atoms with Gasteiger partial charge < -0.3 is 9.84 Å². The van der Waals surface area contributed by atoms with E-state index in [0.29, 0.717) is 16.7 Å². The number of halogens is 1. The van der Waals surface area contributed by atoms with Gasteiger partial charge in [0.05, 0.1) is 7.11 Å². The van der Waals surface area contributed by atoms with E-state index in [1.54, 1.807) is 42.5 Å². The van der Waals surface area contributed by atoms with E-state index in [-0.39, 0.29) is 0 Å². The average molecular weight is 260 g/mol. The molecule has 0 radical (unpaired) electrons. The van der Waals surface area contributed by atoms with Crippen LogP contribution in [0.2, 0.25) is 0 Å². The maximum Gasteiger partial charge on any atom is 0.339 e. The van der Waals surface area contributed by atoms with E-state index in [1.807, 2.05) is 0 Å². The van der Waals surface area contributed by atoms with Crippen LogP contribution in [-0.2, 0) is 9.53 Å². The fourth-order valence-electron chi connectivity index (χ4n) is 1.90. The van der Waals surface area contributed by atoms with Crippen LogP contribution in [0.1, 0.15) is 11.7 Å². The molecule has 2 aromatic rings. The quantitative estimate of drug-likeness (QED) is 0.863. The number of aliphatic hydroxyl groups is 1. The number of carbonyl (C=O) groups is 1. The van der Waals surface area contributed by atoms with Crippen LogP contribution in [0, 0.1) is 5.82 Å². The Bertz CT molecular complexity index is 595. The van der Waals surface area contributed by atoms with E-state index < -0.39 is 17.9 Å². The maximum absolute atomic E-state index is 13.8. The Morgan fingerprint density at radius 3 is 2.32 bits per heavy atom. The van der Waals surface area contributed by atoms with Crippen molar-refractivity contribution in [3.63, 3.8) is 0 Å². The van der Waals surface area contributed by atoms with Gasteiger partial charge in [0.2, 0.25) is 0 Å². The van der Waals surface area contributed by atoms with E-state index in [2.05, 4.69) is 4.74 Å². The van der Waals surface area contributed by atoms with Crippen LogP contribution < -0.4 is 0 Å². The number of benzene rings is 2. The first-order valence-corrected chi connectivity index (χ1v) is 5.75. The molecule has 1 N–H and O–H groups in total. The number of ether oxygens (including phenoxy) is 1. The molecule has 2 aromatic carbocycles. The zero-order valence-corrected chi connectivity index (χ0v) is 10.3. The zero-order chi connectivity index (χ0) is 13.8. The van der Waals surface area contributed by atoms with Gasteiger partial charge in [0, 0.05) is 5.56 Å². The third-order valence-electron chi connectivity index (χ3n) is 2.84. The van der Waals surface area contributed by atoms with E-state index in [1.165, 1.54) is 13.2 Å². The number of methoxy groups -OCH3 is 1. The summed E-state index contributed by atoms with van der Waals surface area (Å²) < 4.78 is 18.3. The third-order valence-corrected chi connectivity index (χ3v) is 2.84. The summed E-state index contributed by atoms with van der Waals surface area (Å²) in [6.45, 7) is 0. The minimum absolute atomic E-state index is 0.319. The largest absolute Gasteiger partial charge is 0.467 e. The zero-order valence-electron chi connectivity index (χ0n) is 10.3. The van der Waals surface area contributed by atoms with Crippen molar-refractivity contribution >= 4 is 5.97 Å². The number of hydrogen-bond donors (Lipinski definition) is 1. The standard InChI is InChI=1S/C15H13FO3/c1-19-15(18)14(17)12-8-3-2-6-10(12)11-7-4-5-9-13(11)16/h2-9,14,17H,1H3. The molecule has 19 heavy (non-hydrogen) atoms. The molecule has 1 atom stereocenters. The SMILES string of the molecule is COC(=O)C(O)c1ccccc1-c1ccccc1F. The molecule has 0 aliphatic rings. The second kappa shape index (κ2) is 5.63. The van der Waals surface area contributed by atoms with Gasteiger partial charge in [0.25, 0.3) is 0 Å². The summed E-state index contributed by atoms with van der Waals surface area (Å²) in [6, 6.07) is 12.8. The topological polar surface area (TPSA) is 46.5 Å². The molecule has 0 bridgehead atoms. The van der Waals surface area contributed by atoms with Gasteiger partial charge in [-0.1, -0.05) is 42.5 Å². The third kappa shape index (κ3) is 2.63. The molecule has 0 spiro atoms. The van der Waals surface area contributed by atoms with Gasteiger partial charge in [0.1, 0.15) is 5.82 Å². The van der Waals surface area contributed by atoms with Gasteiger partial charge in [-0.2, -0.15) is 0 Å². The Labute approximate surface area is 110 Å². The summed E-state index contributed by atoms with van der Waals surface area (Å²) in [7, 11) is 1.19. The summed E-state index contributed by atoms with van der Waals surface area (Å²) in [6.07, 6.45) is -1.43. The average Bonchev–Trinajstić information content (AvgIpc) is 2.46. The molecule has 2 rings (SSSR count). The molecule has 0 heterocycles. The van der Waals surface area contributed by atoms with Gasteiger partial charge in [-0.15, -0.1) is 0 Å². The number of aliphatic hydroxyl groups excluding tert-OH is 1. The second-order valence-electron chi connectivity index (χ2n) is 3.99. The van der Waals surface area contributed by atoms with E-state index in [0.717, 1.165) is 0 Å². The van der Waals surface area contributed by atoms with Crippen LogP contribution in [0.3, 0.4) is 0 Å². The smallest absolute Gasteiger partial charge is 0.339 e. The normalized spacial score (nSPS) is 11.9. The highest BCUT2D eigenvalue weighted by molar-refractivity contribution is 5.81. The van der Waals surface area contributed by atoms with Gasteiger partial charge in [-0.3, -0.25) is 0 Å². The van der Waals surface area contributed by atoms with Crippen molar-refractivity contribution in [3.05, 3.63) is 59.9 Å². The molecule has 0 aliphatic heterocycles. The first-order valence-electron chi connectivity index (χ1n) is 5.75. The van der Waals surface area contributed by atoms with Crippen molar-refractivity contribution in [2.75, 3.05) is 7.11 Å². The minimum atomic E-state index is -1.43. The molecule has 3 nitrogen and oxygen atoms in total. The lowest BCUT2D eigenvalue weighted by Crippen LogP contribution is -2.14. The lowest BCUT2D eigenvalue weighted by Gasteiger charge is -2.14. The lowest BCUT2D eigenvalue weighted by atomic mass is 9.96. The predicted octanol–water partition coefficient (Wildman–Crippen LogP) is 2.70. The molecule has 0 aromatic heterocycles. The number of carbonyl (C=O) groups excluding carboxylic acids is 1. The van der Waals surface area contributed by atoms with E-state index in [9.17, 15) is 14.3 Å². The van der Waals surface area contributed by atoms with Gasteiger partial charge in [-0.05, 0) is 17.2 Å². The molecule has 0 saturated heterocycles. The molecule has 98 valence electrons. The Morgan fingerprint density at radius 2 is 1.68 bits per heavy atom. The van der Waals surface area contributed by atoms with E-state index in [4.69, 9.17) is 0 Å². The summed E-state index contributed by atoms with van der Waals surface area (Å²) >= 11 is 0. The fourth-order valence-corrected chi connectivity index (χ4v) is 1.90. The van der Waals surface area contributed by atoms with Crippen molar-refractivity contribution in [1.29, 1.82) is 0 Å². The molecule has 1 unspecified atom stereocenters. The Balaban J connectivity index is 2.54. The molecule has 0 fully saturated rings. The van der Waals surface area contributed by atoms with Crippen molar-refractivity contribution < 1.29 is 19.0 Å². The van der Waals surface area contributed by atoms with Crippen LogP contribution in [0.5, 0.6) is 0 Å². The fraction of sp³-hybridized carbons (Fsp3) is 0.133. The molecule has 0 saturated carbocycles. The summed E-state index contributed by atoms with van der Waals surface area (Å²) in [5.74, 6) is -1.18. The Hall–Kier alpha value is -2.20. The molecule has 0 aliphatic carbocycles. The van der Waals surface area contributed by atoms with Crippen molar-refractivity contribution in [1.82, 2.24) is 0 Å². The molecular formula is C15H13FO3. The number of rotatable bonds is 3. The highest BCUT2D eigenvalue weighted by Crippen LogP contribution is 2.30. The van der Waals surface area contributed by atoms with Crippen LogP contribution in [-0.4, -0.2) is 18.2 Å². The van der Waals surface area contributed by atoms with Crippen LogP contribution in [0.15, 0.2) is 48.5 Å². The molecular weight excluding hydrogens is 247 g/mol. The van der Waals surface area contributed by atoms with E-state index >= 15 is 0 Å². The van der Waals surface area contributed by atoms with Crippen LogP contribution in [0.4, 0.5) is 4.39 Å². The predicted molar refractivity (Wildman–Crippen MR) is 68.8 cm³/mol. The first-order chi connectivity index (χ1) is 9.15. The first kappa shape index (κ1) is 13.2. The molecule has 4 heteroatoms. The number of hydrogen-bond acceptors (Lipinski definition) is 3. The van der Waals surface area contributed by atoms with Crippen LogP contribution >= 0.6 is 0 Å². The highest BCUT2D eigenvalue weighted by Gasteiger charge is 2.22. The Morgan fingerprint density at radius 1 is 1.11 bits per heavy atom. The Kier molecular flexibility index (Phi) is 3.92. The highest BCUT2D eigenvalue weighted by atomic mass is 19.1. The van der Waals surface area contributed by atoms with Crippen molar-refractivity contribution in [3.8, 4) is 11.1 Å². The van der Waals surface area contributed by atoms with Crippen molar-refractivity contribution in [2.45, 2.75) is 6.10 Å². The maximum atomic E-state index is 13.8. The second-order valence-corrected chi connectivity index (χ2v) is 3.99. The van der Waals surface area contributed by atoms with Gasteiger partial charge in [0.15, 0.2) is 6.10 Å². The molecule has 0 amide bonds. The summed E-state index contributed by atoms with van der Waals surface area (Å²) in [4.78, 5) is 11.4. The monoisotopic (exact) mass is 260 g/mol. The summed E-state index contributed by atoms with van der Waals surface area (Å²) in [5.41, 5.74) is 1.12.